The fraction of sp³-hybridized carbons (Fsp3) is 0.182. The number of rotatable bonds is 3. The van der Waals surface area contributed by atoms with Gasteiger partial charge in [-0.15, -0.1) is 0 Å². The molecule has 0 amide bonds. The van der Waals surface area contributed by atoms with Crippen molar-refractivity contribution < 1.29 is 4.79 Å². The van der Waals surface area contributed by atoms with Gasteiger partial charge >= 0.3 is 0 Å². The molecule has 0 atom stereocenters. The lowest BCUT2D eigenvalue weighted by Gasteiger charge is -2.02. The van der Waals surface area contributed by atoms with Gasteiger partial charge in [0.05, 0.1) is 18.6 Å². The molecule has 0 aliphatic heterocycles. The summed E-state index contributed by atoms with van der Waals surface area (Å²) in [5.74, 6) is 0.0595. The molecule has 0 saturated heterocycles. The Hall–Kier alpha value is -1.97. The Balaban J connectivity index is 2.22. The van der Waals surface area contributed by atoms with Crippen LogP contribution in [-0.2, 0) is 6.54 Å². The zero-order valence-corrected chi connectivity index (χ0v) is 8.42. The lowest BCUT2D eigenvalue weighted by atomic mass is 10.1. The Morgan fingerprint density at radius 1 is 1.47 bits per heavy atom. The number of pyridine rings is 1. The van der Waals surface area contributed by atoms with Crippen LogP contribution in [0.3, 0.4) is 0 Å². The van der Waals surface area contributed by atoms with E-state index < -0.39 is 0 Å². The van der Waals surface area contributed by atoms with Crippen LogP contribution < -0.4 is 0 Å². The van der Waals surface area contributed by atoms with E-state index in [0.29, 0.717) is 12.1 Å². The van der Waals surface area contributed by atoms with Crippen LogP contribution in [-0.4, -0.2) is 20.3 Å². The molecule has 2 rings (SSSR count). The number of ketones is 1. The number of nitrogens with zero attached hydrogens (tertiary/aromatic N) is 3. The Labute approximate surface area is 87.6 Å². The fourth-order valence-corrected chi connectivity index (χ4v) is 1.35. The van der Waals surface area contributed by atoms with Gasteiger partial charge in [-0.1, -0.05) is 0 Å². The zero-order chi connectivity index (χ0) is 10.7. The average Bonchev–Trinajstić information content (AvgIpc) is 2.71. The molecule has 2 aromatic rings. The Kier molecular flexibility index (Phi) is 2.58. The van der Waals surface area contributed by atoms with E-state index in [9.17, 15) is 4.79 Å². The summed E-state index contributed by atoms with van der Waals surface area (Å²) in [6, 6.07) is 3.53. The summed E-state index contributed by atoms with van der Waals surface area (Å²) in [6.07, 6.45) is 6.96. The molecule has 15 heavy (non-hydrogen) atoms. The molecule has 0 unspecified atom stereocenters. The van der Waals surface area contributed by atoms with Gasteiger partial charge in [-0.2, -0.15) is 0 Å². The van der Waals surface area contributed by atoms with Crippen LogP contribution >= 0.6 is 0 Å². The lowest BCUT2D eigenvalue weighted by Crippen LogP contribution is -2.01. The van der Waals surface area contributed by atoms with Gasteiger partial charge in [0.25, 0.3) is 0 Å². The molecule has 0 spiro atoms. The molecule has 0 bridgehead atoms. The highest BCUT2D eigenvalue weighted by Gasteiger charge is 2.01. The van der Waals surface area contributed by atoms with Gasteiger partial charge in [-0.25, -0.2) is 4.98 Å². The summed E-state index contributed by atoms with van der Waals surface area (Å²) >= 11 is 0. The van der Waals surface area contributed by atoms with E-state index >= 15 is 0 Å². The van der Waals surface area contributed by atoms with Crippen molar-refractivity contribution in [1.29, 1.82) is 0 Å². The van der Waals surface area contributed by atoms with Gasteiger partial charge in [-0.3, -0.25) is 9.78 Å². The third kappa shape index (κ3) is 2.28. The predicted molar refractivity (Wildman–Crippen MR) is 55.6 cm³/mol. The van der Waals surface area contributed by atoms with E-state index in [1.54, 1.807) is 31.7 Å². The van der Waals surface area contributed by atoms with Gasteiger partial charge in [-0.05, 0) is 19.1 Å². The second-order valence-corrected chi connectivity index (χ2v) is 3.33. The normalized spacial score (nSPS) is 10.2. The first-order valence-corrected chi connectivity index (χ1v) is 4.67. The maximum Gasteiger partial charge on any atom is 0.159 e. The maximum absolute atomic E-state index is 11.2. The van der Waals surface area contributed by atoms with Gasteiger partial charge in [0.15, 0.2) is 5.78 Å². The number of hydrogen-bond donors (Lipinski definition) is 0. The standard InChI is InChI=1S/C11H11N3O/c1-9(15)10-2-3-13-11(6-10)7-14-5-4-12-8-14/h2-6,8H,7H2,1H3. The van der Waals surface area contributed by atoms with Crippen molar-refractivity contribution in [2.75, 3.05) is 0 Å². The van der Waals surface area contributed by atoms with E-state index in [2.05, 4.69) is 9.97 Å². The summed E-state index contributed by atoms with van der Waals surface area (Å²) in [4.78, 5) is 19.3. The third-order valence-electron chi connectivity index (χ3n) is 2.13. The molecule has 0 fully saturated rings. The SMILES string of the molecule is CC(=O)c1ccnc(Cn2ccnc2)c1. The maximum atomic E-state index is 11.2. The number of hydrogen-bond acceptors (Lipinski definition) is 3. The van der Waals surface area contributed by atoms with Crippen LogP contribution in [0.4, 0.5) is 0 Å². The Morgan fingerprint density at radius 3 is 3.00 bits per heavy atom. The molecule has 2 aromatic heterocycles. The van der Waals surface area contributed by atoms with Gasteiger partial charge < -0.3 is 4.57 Å². The van der Waals surface area contributed by atoms with Crippen LogP contribution in [0.15, 0.2) is 37.1 Å². The minimum atomic E-state index is 0.0595. The van der Waals surface area contributed by atoms with E-state index in [4.69, 9.17) is 0 Å². The van der Waals surface area contributed by atoms with Gasteiger partial charge in [0.2, 0.25) is 0 Å². The highest BCUT2D eigenvalue weighted by atomic mass is 16.1. The summed E-state index contributed by atoms with van der Waals surface area (Å²) in [5.41, 5.74) is 1.56. The second-order valence-electron chi connectivity index (χ2n) is 3.33. The summed E-state index contributed by atoms with van der Waals surface area (Å²) in [6.45, 7) is 2.19. The molecule has 4 heteroatoms. The molecular weight excluding hydrogens is 190 g/mol. The number of Topliss-reactive ketones (excluding diaryl/α,β-unsaturated/α-hetero) is 1. The van der Waals surface area contributed by atoms with Crippen LogP contribution in [0, 0.1) is 0 Å². The minimum Gasteiger partial charge on any atom is -0.331 e. The van der Waals surface area contributed by atoms with E-state index in [1.165, 1.54) is 0 Å². The first kappa shape index (κ1) is 9.58. The fourth-order valence-electron chi connectivity index (χ4n) is 1.35. The average molecular weight is 201 g/mol. The van der Waals surface area contributed by atoms with Crippen molar-refractivity contribution in [3.05, 3.63) is 48.3 Å². The summed E-state index contributed by atoms with van der Waals surface area (Å²) in [7, 11) is 0. The monoisotopic (exact) mass is 201 g/mol. The predicted octanol–water partition coefficient (Wildman–Crippen LogP) is 1.53. The Morgan fingerprint density at radius 2 is 2.33 bits per heavy atom. The number of aromatic nitrogens is 3. The molecule has 0 radical (unpaired) electrons. The first-order valence-electron chi connectivity index (χ1n) is 4.67. The van der Waals surface area contributed by atoms with Crippen LogP contribution in [0.1, 0.15) is 23.0 Å². The van der Waals surface area contributed by atoms with Crippen molar-refractivity contribution >= 4 is 5.78 Å². The number of carbonyl (C=O) groups is 1. The van der Waals surface area contributed by atoms with Crippen molar-refractivity contribution in [3.8, 4) is 0 Å². The largest absolute Gasteiger partial charge is 0.331 e. The third-order valence-corrected chi connectivity index (χ3v) is 2.13. The smallest absolute Gasteiger partial charge is 0.159 e. The molecule has 4 nitrogen and oxygen atoms in total. The van der Waals surface area contributed by atoms with Crippen molar-refractivity contribution in [1.82, 2.24) is 14.5 Å². The van der Waals surface area contributed by atoms with Crippen molar-refractivity contribution in [3.63, 3.8) is 0 Å². The first-order chi connectivity index (χ1) is 7.25. The molecule has 0 aliphatic rings. The lowest BCUT2D eigenvalue weighted by molar-refractivity contribution is 0.101. The quantitative estimate of drug-likeness (QED) is 0.707. The topological polar surface area (TPSA) is 47.8 Å². The van der Waals surface area contributed by atoms with E-state index in [-0.39, 0.29) is 5.78 Å². The molecule has 2 heterocycles. The molecular formula is C11H11N3O. The van der Waals surface area contributed by atoms with Gasteiger partial charge in [0, 0.05) is 24.2 Å². The molecule has 0 aliphatic carbocycles. The van der Waals surface area contributed by atoms with Crippen LogP contribution in [0.25, 0.3) is 0 Å². The van der Waals surface area contributed by atoms with Crippen molar-refractivity contribution in [2.45, 2.75) is 13.5 Å². The molecule has 0 N–H and O–H groups in total. The Bertz CT molecular complexity index is 462. The number of carbonyl (C=O) groups excluding carboxylic acids is 1. The van der Waals surface area contributed by atoms with E-state index in [0.717, 1.165) is 5.69 Å². The minimum absolute atomic E-state index is 0.0595. The van der Waals surface area contributed by atoms with Gasteiger partial charge in [0.1, 0.15) is 0 Å². The highest BCUT2D eigenvalue weighted by Crippen LogP contribution is 2.04. The molecule has 76 valence electrons. The molecule has 0 saturated carbocycles. The zero-order valence-electron chi connectivity index (χ0n) is 8.42. The number of imidazole rings is 1. The van der Waals surface area contributed by atoms with E-state index in [1.807, 2.05) is 16.8 Å². The summed E-state index contributed by atoms with van der Waals surface area (Å²) in [5, 5.41) is 0. The van der Waals surface area contributed by atoms with Crippen molar-refractivity contribution in [2.24, 2.45) is 0 Å². The van der Waals surface area contributed by atoms with Crippen LogP contribution in [0.2, 0.25) is 0 Å². The molecule has 0 aromatic carbocycles. The highest BCUT2D eigenvalue weighted by molar-refractivity contribution is 5.93. The summed E-state index contributed by atoms with van der Waals surface area (Å²) < 4.78 is 1.91. The second kappa shape index (κ2) is 4.04. The van der Waals surface area contributed by atoms with Crippen LogP contribution in [0.5, 0.6) is 0 Å².